The molecular weight excluding hydrogens is 296 g/mol. The normalized spacial score (nSPS) is 13.2. The zero-order valence-electron chi connectivity index (χ0n) is 10.0. The molecule has 0 heterocycles. The van der Waals surface area contributed by atoms with E-state index in [1.807, 2.05) is 0 Å². The molecule has 0 radical (unpaired) electrons. The highest BCUT2D eigenvalue weighted by molar-refractivity contribution is 7.89. The molecule has 9 heteroatoms. The van der Waals surface area contributed by atoms with Gasteiger partial charge in [-0.15, -0.1) is 0 Å². The van der Waals surface area contributed by atoms with Crippen LogP contribution in [0.1, 0.15) is 13.3 Å². The van der Waals surface area contributed by atoms with Gasteiger partial charge in [0, 0.05) is 17.6 Å². The van der Waals surface area contributed by atoms with Crippen molar-refractivity contribution < 1.29 is 18.4 Å². The molecule has 0 spiro atoms. The van der Waals surface area contributed by atoms with Crippen molar-refractivity contribution in [1.29, 1.82) is 0 Å². The predicted molar refractivity (Wildman–Crippen MR) is 69.6 cm³/mol. The summed E-state index contributed by atoms with van der Waals surface area (Å²) in [6.45, 7) is 1.50. The number of nitro benzene ring substituents is 1. The van der Waals surface area contributed by atoms with Gasteiger partial charge in [0.2, 0.25) is 10.0 Å². The second kappa shape index (κ2) is 6.29. The molecule has 0 aromatic heterocycles. The Kier molecular flexibility index (Phi) is 5.24. The van der Waals surface area contributed by atoms with Crippen LogP contribution in [0.5, 0.6) is 0 Å². The zero-order chi connectivity index (χ0) is 14.6. The lowest BCUT2D eigenvalue weighted by molar-refractivity contribution is -0.387. The lowest BCUT2D eigenvalue weighted by atomic mass is 10.3. The van der Waals surface area contributed by atoms with E-state index < -0.39 is 31.6 Å². The summed E-state index contributed by atoms with van der Waals surface area (Å²) in [5.41, 5.74) is -0.586. The first-order chi connectivity index (χ1) is 8.74. The molecule has 1 aromatic rings. The highest BCUT2D eigenvalue weighted by Gasteiger charge is 2.25. The summed E-state index contributed by atoms with van der Waals surface area (Å²) in [6.07, 6.45) is -0.455. The number of aliphatic hydroxyl groups excluding tert-OH is 1. The maximum absolute atomic E-state index is 11.9. The predicted octanol–water partition coefficient (Wildman–Crippen LogP) is 1.30. The van der Waals surface area contributed by atoms with Gasteiger partial charge in [-0.2, -0.15) is 0 Å². The third-order valence-corrected chi connectivity index (χ3v) is 4.00. The second-order valence-corrected chi connectivity index (χ2v) is 6.08. The van der Waals surface area contributed by atoms with Gasteiger partial charge in [0.1, 0.15) is 0 Å². The van der Waals surface area contributed by atoms with Gasteiger partial charge in [0.25, 0.3) is 5.69 Å². The van der Waals surface area contributed by atoms with Crippen LogP contribution in [0.3, 0.4) is 0 Å². The average molecular weight is 309 g/mol. The fraction of sp³-hybridized carbons (Fsp3) is 0.400. The molecule has 0 aliphatic heterocycles. The molecule has 1 aromatic carbocycles. The van der Waals surface area contributed by atoms with Gasteiger partial charge in [-0.05, 0) is 25.5 Å². The number of benzene rings is 1. The van der Waals surface area contributed by atoms with E-state index in [0.29, 0.717) is 0 Å². The van der Waals surface area contributed by atoms with Gasteiger partial charge >= 0.3 is 0 Å². The van der Waals surface area contributed by atoms with Gasteiger partial charge in [0.05, 0.1) is 11.0 Å². The van der Waals surface area contributed by atoms with Gasteiger partial charge in [0.15, 0.2) is 4.90 Å². The summed E-state index contributed by atoms with van der Waals surface area (Å²) in [6, 6.07) is 3.31. The Morgan fingerprint density at radius 3 is 2.68 bits per heavy atom. The van der Waals surface area contributed by atoms with E-state index in [-0.39, 0.29) is 18.0 Å². The van der Waals surface area contributed by atoms with E-state index in [9.17, 15) is 18.5 Å². The quantitative estimate of drug-likeness (QED) is 0.608. The minimum absolute atomic E-state index is 0.0141. The summed E-state index contributed by atoms with van der Waals surface area (Å²) in [5, 5.41) is 19.9. The molecule has 0 aliphatic rings. The fourth-order valence-corrected chi connectivity index (χ4v) is 2.70. The average Bonchev–Trinajstić information content (AvgIpc) is 2.27. The van der Waals surface area contributed by atoms with Crippen LogP contribution in [0, 0.1) is 10.1 Å². The van der Waals surface area contributed by atoms with Crippen LogP contribution in [-0.4, -0.2) is 31.1 Å². The number of hydrogen-bond donors (Lipinski definition) is 2. The highest BCUT2D eigenvalue weighted by Crippen LogP contribution is 2.26. The molecule has 1 atom stereocenters. The number of nitrogens with one attached hydrogen (secondary N) is 1. The summed E-state index contributed by atoms with van der Waals surface area (Å²) >= 11 is 5.60. The van der Waals surface area contributed by atoms with E-state index >= 15 is 0 Å². The number of nitro groups is 1. The molecule has 7 nitrogen and oxygen atoms in total. The Morgan fingerprint density at radius 1 is 1.53 bits per heavy atom. The second-order valence-electron chi connectivity index (χ2n) is 3.90. The Balaban J connectivity index is 3.04. The topological polar surface area (TPSA) is 110 Å². The van der Waals surface area contributed by atoms with E-state index in [2.05, 4.69) is 4.72 Å². The Hall–Kier alpha value is -1.22. The van der Waals surface area contributed by atoms with Gasteiger partial charge in [-0.1, -0.05) is 11.6 Å². The van der Waals surface area contributed by atoms with Crippen LogP contribution in [-0.2, 0) is 10.0 Å². The first-order valence-corrected chi connectivity index (χ1v) is 7.22. The molecule has 2 N–H and O–H groups in total. The number of aliphatic hydroxyl groups is 1. The SMILES string of the molecule is CC(O)CCNS(=O)(=O)c1ccc(Cl)cc1[N+](=O)[O-]. The Labute approximate surface area is 115 Å². The molecule has 0 fully saturated rings. The Bertz CT molecular complexity index is 573. The molecule has 19 heavy (non-hydrogen) atoms. The molecule has 0 bridgehead atoms. The zero-order valence-corrected chi connectivity index (χ0v) is 11.6. The molecule has 106 valence electrons. The lowest BCUT2D eigenvalue weighted by Crippen LogP contribution is -2.27. The van der Waals surface area contributed by atoms with Gasteiger partial charge in [-0.25, -0.2) is 13.1 Å². The van der Waals surface area contributed by atoms with E-state index in [1.54, 1.807) is 0 Å². The van der Waals surface area contributed by atoms with Crippen molar-refractivity contribution in [2.45, 2.75) is 24.3 Å². The first-order valence-electron chi connectivity index (χ1n) is 5.35. The van der Waals surface area contributed by atoms with E-state index in [0.717, 1.165) is 12.1 Å². The van der Waals surface area contributed by atoms with Crippen LogP contribution < -0.4 is 4.72 Å². The van der Waals surface area contributed by atoms with Crippen LogP contribution in [0.2, 0.25) is 5.02 Å². The van der Waals surface area contributed by atoms with Crippen LogP contribution >= 0.6 is 11.6 Å². The number of sulfonamides is 1. The minimum Gasteiger partial charge on any atom is -0.393 e. The maximum atomic E-state index is 11.9. The molecule has 0 amide bonds. The summed E-state index contributed by atoms with van der Waals surface area (Å²) < 4.78 is 26.0. The Morgan fingerprint density at radius 2 is 2.16 bits per heavy atom. The van der Waals surface area contributed by atoms with Crippen molar-refractivity contribution in [3.05, 3.63) is 33.3 Å². The smallest absolute Gasteiger partial charge is 0.290 e. The lowest BCUT2D eigenvalue weighted by Gasteiger charge is -2.08. The fourth-order valence-electron chi connectivity index (χ4n) is 1.34. The highest BCUT2D eigenvalue weighted by atomic mass is 35.5. The molecule has 1 unspecified atom stereocenters. The van der Waals surface area contributed by atoms with Crippen molar-refractivity contribution in [3.63, 3.8) is 0 Å². The number of halogens is 1. The van der Waals surface area contributed by atoms with E-state index in [1.165, 1.54) is 13.0 Å². The maximum Gasteiger partial charge on any atom is 0.290 e. The summed E-state index contributed by atoms with van der Waals surface area (Å²) in [5.74, 6) is 0. The van der Waals surface area contributed by atoms with Crippen molar-refractivity contribution >= 4 is 27.3 Å². The number of rotatable bonds is 6. The van der Waals surface area contributed by atoms with Crippen molar-refractivity contribution in [2.24, 2.45) is 0 Å². The largest absolute Gasteiger partial charge is 0.393 e. The van der Waals surface area contributed by atoms with Gasteiger partial charge < -0.3 is 5.11 Å². The van der Waals surface area contributed by atoms with Crippen LogP contribution in [0.15, 0.2) is 23.1 Å². The molecule has 0 saturated carbocycles. The third-order valence-electron chi connectivity index (χ3n) is 2.26. The van der Waals surface area contributed by atoms with E-state index in [4.69, 9.17) is 16.7 Å². The number of hydrogen-bond acceptors (Lipinski definition) is 5. The molecule has 0 aliphatic carbocycles. The minimum atomic E-state index is -4.01. The van der Waals surface area contributed by atoms with Crippen LogP contribution in [0.25, 0.3) is 0 Å². The standard InChI is InChI=1S/C10H13ClN2O5S/c1-7(14)4-5-12-19(17,18)10-3-2-8(11)6-9(10)13(15)16/h2-3,6-7,12,14H,4-5H2,1H3. The number of nitrogens with zero attached hydrogens (tertiary/aromatic N) is 1. The van der Waals surface area contributed by atoms with Gasteiger partial charge in [-0.3, -0.25) is 10.1 Å². The van der Waals surface area contributed by atoms with Crippen molar-refractivity contribution in [1.82, 2.24) is 4.72 Å². The summed E-state index contributed by atoms with van der Waals surface area (Å²) in [4.78, 5) is 9.56. The van der Waals surface area contributed by atoms with Crippen LogP contribution in [0.4, 0.5) is 5.69 Å². The molecule has 0 saturated heterocycles. The molecular formula is C10H13ClN2O5S. The monoisotopic (exact) mass is 308 g/mol. The summed E-state index contributed by atoms with van der Waals surface area (Å²) in [7, 11) is -4.01. The third kappa shape index (κ3) is 4.43. The van der Waals surface area contributed by atoms with Crippen molar-refractivity contribution in [3.8, 4) is 0 Å². The first kappa shape index (κ1) is 15.8. The molecule has 1 rings (SSSR count). The van der Waals surface area contributed by atoms with Crippen molar-refractivity contribution in [2.75, 3.05) is 6.54 Å².